The van der Waals surface area contributed by atoms with Crippen LogP contribution in [0.1, 0.15) is 132 Å². The Morgan fingerprint density at radius 1 is 0.877 bits per heavy atom. The van der Waals surface area contributed by atoms with E-state index in [9.17, 15) is 29.7 Å². The standard InChI is InChI=1S/C56H84O17/c1-11-29(2)48-32(5)21-22-55(73-48)27-38-24-37(72-55)20-19-31(4)47(69-45-26-43(64-10)50(35(8)67-45)70-44-25-42(63-9)46(57)34(7)66-44)30(3)15-14-16-36-28-65-51-49(33(6)23-41(54(61)68-38)56(36,51)62)71-53(60)40-18-13-12-17-39(40)52(58)59/h14-16,19,23,29-30,32,34-35,37-51,57,62H,11-13,17-18,20-22,24-28H2,1-10H3,(H,58,59)/b15-14+,31-19+,36-16+/t29-,30-,32-,34-,35-,37+,38?,39?,40?,41-,42-,43-,44-,45-,46-,47-,48+,49+,50-,51+,55+,56+/m0/s1. The van der Waals surface area contributed by atoms with E-state index in [-0.39, 0.29) is 24.5 Å². The molecule has 17 heteroatoms. The minimum absolute atomic E-state index is 0.0603. The van der Waals surface area contributed by atoms with Gasteiger partial charge in [0.15, 0.2) is 24.5 Å². The number of aliphatic hydroxyl groups excluding tert-OH is 1. The minimum Gasteiger partial charge on any atom is -0.481 e. The molecule has 410 valence electrons. The summed E-state index contributed by atoms with van der Waals surface area (Å²) in [6.07, 6.45) is 7.45. The molecule has 3 N–H and O–H groups in total. The minimum atomic E-state index is -2.00. The van der Waals surface area contributed by atoms with Crippen LogP contribution in [0.15, 0.2) is 47.1 Å². The number of ether oxygens (including phenoxy) is 11. The third-order valence-electron chi connectivity index (χ3n) is 17.5. The highest BCUT2D eigenvalue weighted by Crippen LogP contribution is 2.49. The van der Waals surface area contributed by atoms with Crippen molar-refractivity contribution in [1.29, 1.82) is 0 Å². The molecule has 0 radical (unpaired) electrons. The first-order valence-corrected chi connectivity index (χ1v) is 27.2. The summed E-state index contributed by atoms with van der Waals surface area (Å²) in [7, 11) is 3.20. The number of rotatable bonds is 11. The summed E-state index contributed by atoms with van der Waals surface area (Å²) in [5.74, 6) is -5.99. The van der Waals surface area contributed by atoms with Crippen LogP contribution in [0, 0.1) is 35.5 Å². The normalized spacial score (nSPS) is 46.9. The Labute approximate surface area is 431 Å². The van der Waals surface area contributed by atoms with E-state index in [4.69, 9.17) is 52.1 Å². The maximum atomic E-state index is 14.9. The van der Waals surface area contributed by atoms with E-state index in [0.717, 1.165) is 18.4 Å². The topological polar surface area (TPSA) is 213 Å². The third-order valence-corrected chi connectivity index (χ3v) is 17.5. The van der Waals surface area contributed by atoms with Crippen LogP contribution in [-0.2, 0) is 66.5 Å². The molecule has 6 fully saturated rings. The smallest absolute Gasteiger partial charge is 0.316 e. The molecule has 73 heavy (non-hydrogen) atoms. The van der Waals surface area contributed by atoms with Crippen LogP contribution in [0.4, 0.5) is 0 Å². The Balaban J connectivity index is 1.11. The average Bonchev–Trinajstić information content (AvgIpc) is 3.70. The van der Waals surface area contributed by atoms with Crippen molar-refractivity contribution in [1.82, 2.24) is 0 Å². The van der Waals surface area contributed by atoms with Crippen molar-refractivity contribution >= 4 is 17.9 Å². The number of methoxy groups -OCH3 is 2. The molecular weight excluding hydrogens is 945 g/mol. The van der Waals surface area contributed by atoms with Crippen molar-refractivity contribution in [3.8, 4) is 0 Å². The Hall–Kier alpha value is -3.07. The molecule has 0 aromatic rings. The van der Waals surface area contributed by atoms with Gasteiger partial charge < -0.3 is 67.4 Å². The summed E-state index contributed by atoms with van der Waals surface area (Å²) >= 11 is 0. The van der Waals surface area contributed by atoms with Gasteiger partial charge in [-0.2, -0.15) is 0 Å². The predicted octanol–water partition coefficient (Wildman–Crippen LogP) is 7.04. The number of allylic oxidation sites excluding steroid dienone is 2. The highest BCUT2D eigenvalue weighted by atomic mass is 16.7. The van der Waals surface area contributed by atoms with E-state index in [2.05, 4.69) is 26.8 Å². The molecule has 8 rings (SSSR count). The molecule has 2 aliphatic carbocycles. The number of carbonyl (C=O) groups excluding carboxylic acids is 2. The zero-order chi connectivity index (χ0) is 52.5. The summed E-state index contributed by atoms with van der Waals surface area (Å²) in [4.78, 5) is 41.0. The first kappa shape index (κ1) is 56.1. The number of hydrogen-bond acceptors (Lipinski definition) is 16. The number of carbonyl (C=O) groups is 3. The number of esters is 2. The van der Waals surface area contributed by atoms with E-state index in [1.165, 1.54) is 0 Å². The highest BCUT2D eigenvalue weighted by molar-refractivity contribution is 5.82. The molecule has 0 amide bonds. The van der Waals surface area contributed by atoms with E-state index in [1.54, 1.807) is 40.2 Å². The molecule has 8 aliphatic rings. The molecule has 6 aliphatic heterocycles. The van der Waals surface area contributed by atoms with Crippen LogP contribution >= 0.6 is 0 Å². The molecule has 2 bridgehead atoms. The Morgan fingerprint density at radius 2 is 1.58 bits per heavy atom. The van der Waals surface area contributed by atoms with E-state index in [1.807, 2.05) is 32.9 Å². The van der Waals surface area contributed by atoms with E-state index >= 15 is 0 Å². The zero-order valence-corrected chi connectivity index (χ0v) is 44.7. The Bertz CT molecular complexity index is 2070. The fraction of sp³-hybridized carbons (Fsp3) is 0.804. The van der Waals surface area contributed by atoms with Gasteiger partial charge in [-0.3, -0.25) is 14.4 Å². The lowest BCUT2D eigenvalue weighted by molar-refractivity contribution is -0.340. The SMILES string of the molecule is CC[C@H](C)[C@H]1O[C@]2(CC[C@@H]1C)CC1C[C@@H](C/C=C(\C)[C@@H](O[C@H]3C[C@H](OC)[C@@H](O[C@H]4C[C@H](OC)[C@@H](O)[C@H](C)O4)[C@H](C)O3)[C@@H](C)/C=C/C=C3\CO[C@@H]4[C@H](OC(=O)C5CCCCC5C(=O)O)C(C)=C[C@@H](C(=O)O1)[C@]34O)O2. The fourth-order valence-electron chi connectivity index (χ4n) is 13.0. The van der Waals surface area contributed by atoms with Crippen LogP contribution in [0.2, 0.25) is 0 Å². The summed E-state index contributed by atoms with van der Waals surface area (Å²) in [6, 6.07) is 0. The molecule has 5 saturated heterocycles. The number of carboxylic acids is 1. The maximum absolute atomic E-state index is 14.9. The van der Waals surface area contributed by atoms with Gasteiger partial charge in [0.25, 0.3) is 0 Å². The number of hydrogen-bond donors (Lipinski definition) is 3. The largest absolute Gasteiger partial charge is 0.481 e. The lowest BCUT2D eigenvalue weighted by atomic mass is 9.70. The molecule has 0 aromatic carbocycles. The van der Waals surface area contributed by atoms with Gasteiger partial charge >= 0.3 is 17.9 Å². The van der Waals surface area contributed by atoms with Crippen LogP contribution in [0.25, 0.3) is 0 Å². The molecule has 1 spiro atoms. The van der Waals surface area contributed by atoms with Gasteiger partial charge in [-0.1, -0.05) is 77.3 Å². The van der Waals surface area contributed by atoms with Crippen molar-refractivity contribution < 1.29 is 81.8 Å². The second-order valence-electron chi connectivity index (χ2n) is 22.6. The molecule has 0 aromatic heterocycles. The molecule has 17 nitrogen and oxygen atoms in total. The first-order chi connectivity index (χ1) is 34.8. The monoisotopic (exact) mass is 1030 g/mol. The fourth-order valence-corrected chi connectivity index (χ4v) is 13.0. The average molecular weight is 1030 g/mol. The van der Waals surface area contributed by atoms with Crippen LogP contribution < -0.4 is 0 Å². The van der Waals surface area contributed by atoms with E-state index in [0.29, 0.717) is 81.3 Å². The number of aliphatic carboxylic acids is 1. The number of carboxylic acid groups (broad SMARTS) is 1. The van der Waals surface area contributed by atoms with Gasteiger partial charge in [-0.25, -0.2) is 0 Å². The lowest BCUT2D eigenvalue weighted by Crippen LogP contribution is -2.59. The van der Waals surface area contributed by atoms with Gasteiger partial charge in [0.1, 0.15) is 35.9 Å². The van der Waals surface area contributed by atoms with Crippen molar-refractivity contribution in [2.45, 2.75) is 230 Å². The van der Waals surface area contributed by atoms with Gasteiger partial charge in [-0.15, -0.1) is 0 Å². The number of fused-ring (bicyclic) bond motifs is 2. The predicted molar refractivity (Wildman–Crippen MR) is 264 cm³/mol. The highest BCUT2D eigenvalue weighted by Gasteiger charge is 2.62. The second-order valence-corrected chi connectivity index (χ2v) is 22.6. The van der Waals surface area contributed by atoms with Gasteiger partial charge in [0.2, 0.25) is 0 Å². The summed E-state index contributed by atoms with van der Waals surface area (Å²) in [6.45, 7) is 16.0. The van der Waals surface area contributed by atoms with Gasteiger partial charge in [-0.05, 0) is 81.9 Å². The Morgan fingerprint density at radius 3 is 2.29 bits per heavy atom. The second kappa shape index (κ2) is 23.7. The molecule has 22 atom stereocenters. The molecule has 1 saturated carbocycles. The Kier molecular flexibility index (Phi) is 18.2. The van der Waals surface area contributed by atoms with Crippen LogP contribution in [-0.4, -0.2) is 151 Å². The zero-order valence-electron chi connectivity index (χ0n) is 44.7. The number of aliphatic hydroxyl groups is 2. The van der Waals surface area contributed by atoms with Gasteiger partial charge in [0, 0.05) is 52.2 Å². The van der Waals surface area contributed by atoms with E-state index < -0.39 is 127 Å². The van der Waals surface area contributed by atoms with Crippen LogP contribution in [0.3, 0.4) is 0 Å². The maximum Gasteiger partial charge on any atom is 0.316 e. The third kappa shape index (κ3) is 11.9. The molecule has 6 heterocycles. The van der Waals surface area contributed by atoms with Crippen molar-refractivity contribution in [3.63, 3.8) is 0 Å². The van der Waals surface area contributed by atoms with Crippen molar-refractivity contribution in [3.05, 3.63) is 47.1 Å². The molecule has 3 unspecified atom stereocenters. The molecular formula is C56H84O17. The summed E-state index contributed by atoms with van der Waals surface area (Å²) in [5.41, 5.74) is -0.165. The first-order valence-electron chi connectivity index (χ1n) is 27.2. The lowest BCUT2D eigenvalue weighted by Gasteiger charge is -2.51. The summed E-state index contributed by atoms with van der Waals surface area (Å²) < 4.78 is 70.9. The van der Waals surface area contributed by atoms with Crippen LogP contribution in [0.5, 0.6) is 0 Å². The quantitative estimate of drug-likeness (QED) is 0.140. The summed E-state index contributed by atoms with van der Waals surface area (Å²) in [5, 5.41) is 33.8. The van der Waals surface area contributed by atoms with Crippen molar-refractivity contribution in [2.24, 2.45) is 35.5 Å². The van der Waals surface area contributed by atoms with Crippen molar-refractivity contribution in [2.75, 3.05) is 20.8 Å². The van der Waals surface area contributed by atoms with Gasteiger partial charge in [0.05, 0.1) is 61.2 Å².